The van der Waals surface area contributed by atoms with Gasteiger partial charge in [0.05, 0.1) is 0 Å². The fraction of sp³-hybridized carbons (Fsp3) is 0.304. The van der Waals surface area contributed by atoms with E-state index in [2.05, 4.69) is 20.6 Å². The predicted molar refractivity (Wildman–Crippen MR) is 118 cm³/mol. The van der Waals surface area contributed by atoms with Gasteiger partial charge in [-0.15, -0.1) is 0 Å². The number of alkyl carbamates (subject to hydrolysis) is 1. The van der Waals surface area contributed by atoms with Crippen LogP contribution < -0.4 is 10.6 Å². The zero-order valence-corrected chi connectivity index (χ0v) is 18.0. The van der Waals surface area contributed by atoms with Crippen LogP contribution in [0.5, 0.6) is 0 Å². The molecule has 2 aromatic heterocycles. The molecule has 0 spiro atoms. The maximum absolute atomic E-state index is 11.9. The molecule has 162 valence electrons. The normalized spacial score (nSPS) is 12.3. The Morgan fingerprint density at radius 3 is 2.52 bits per heavy atom. The van der Waals surface area contributed by atoms with Crippen LogP contribution in [0.4, 0.5) is 16.3 Å². The van der Waals surface area contributed by atoms with E-state index in [1.165, 1.54) is 0 Å². The molecule has 0 aliphatic heterocycles. The Hall–Kier alpha value is -3.68. The molecule has 0 unspecified atom stereocenters. The molecular formula is C23H26N4O4. The van der Waals surface area contributed by atoms with E-state index in [0.29, 0.717) is 5.82 Å². The van der Waals surface area contributed by atoms with Crippen LogP contribution in [0.1, 0.15) is 32.0 Å². The van der Waals surface area contributed by atoms with Crippen molar-refractivity contribution in [2.45, 2.75) is 45.8 Å². The summed E-state index contributed by atoms with van der Waals surface area (Å²) in [6, 6.07) is 10.1. The van der Waals surface area contributed by atoms with Crippen molar-refractivity contribution in [3.63, 3.8) is 0 Å². The lowest BCUT2D eigenvalue weighted by Gasteiger charge is -2.22. The summed E-state index contributed by atoms with van der Waals surface area (Å²) in [5.41, 5.74) is 1.75. The zero-order chi connectivity index (χ0) is 22.6. The molecule has 31 heavy (non-hydrogen) atoms. The number of carbonyl (C=O) groups is 2. The molecule has 8 nitrogen and oxygen atoms in total. The minimum Gasteiger partial charge on any atom is -0.480 e. The molecule has 1 amide bonds. The second kappa shape index (κ2) is 8.99. The number of ether oxygens (including phenoxy) is 1. The molecule has 3 N–H and O–H groups in total. The SMILES string of the molecule is Cc1cc2ccncc2c(Nc2ccc(C[C@H](NC(=O)OC(C)(C)C)C(=O)O)cc2)n1. The number of rotatable bonds is 6. The standard InChI is InChI=1S/C23H26N4O4/c1-14-11-16-9-10-24-13-18(16)20(25-14)26-17-7-5-15(6-8-17)12-19(21(28)29)27-22(30)31-23(2,3)4/h5-11,13,19H,12H2,1-4H3,(H,25,26)(H,27,30)(H,28,29)/t19-/m0/s1. The lowest BCUT2D eigenvalue weighted by Crippen LogP contribution is -2.44. The van der Waals surface area contributed by atoms with Gasteiger partial charge in [0.15, 0.2) is 0 Å². The number of amides is 1. The fourth-order valence-electron chi connectivity index (χ4n) is 3.06. The van der Waals surface area contributed by atoms with E-state index >= 15 is 0 Å². The highest BCUT2D eigenvalue weighted by Gasteiger charge is 2.24. The largest absolute Gasteiger partial charge is 0.480 e. The molecule has 0 radical (unpaired) electrons. The highest BCUT2D eigenvalue weighted by Crippen LogP contribution is 2.25. The minimum absolute atomic E-state index is 0.129. The van der Waals surface area contributed by atoms with Gasteiger partial charge >= 0.3 is 12.1 Å². The van der Waals surface area contributed by atoms with E-state index in [9.17, 15) is 14.7 Å². The molecule has 0 aliphatic rings. The summed E-state index contributed by atoms with van der Waals surface area (Å²) in [6.45, 7) is 7.08. The lowest BCUT2D eigenvalue weighted by atomic mass is 10.1. The van der Waals surface area contributed by atoms with Crippen molar-refractivity contribution in [1.82, 2.24) is 15.3 Å². The molecule has 8 heteroatoms. The first-order valence-corrected chi connectivity index (χ1v) is 9.90. The summed E-state index contributed by atoms with van der Waals surface area (Å²) < 4.78 is 5.15. The van der Waals surface area contributed by atoms with Crippen LogP contribution in [0.25, 0.3) is 10.8 Å². The van der Waals surface area contributed by atoms with Crippen LogP contribution in [-0.2, 0) is 16.0 Å². The van der Waals surface area contributed by atoms with Gasteiger partial charge in [0.1, 0.15) is 17.5 Å². The number of anilines is 2. The number of hydrogen-bond acceptors (Lipinski definition) is 6. The van der Waals surface area contributed by atoms with Crippen LogP contribution in [0, 0.1) is 6.92 Å². The van der Waals surface area contributed by atoms with E-state index in [1.54, 1.807) is 33.2 Å². The molecule has 0 fully saturated rings. The highest BCUT2D eigenvalue weighted by atomic mass is 16.6. The molecule has 1 aromatic carbocycles. The zero-order valence-electron chi connectivity index (χ0n) is 18.0. The number of aliphatic carboxylic acids is 1. The second-order valence-electron chi connectivity index (χ2n) is 8.27. The molecule has 0 bridgehead atoms. The van der Waals surface area contributed by atoms with E-state index < -0.39 is 23.7 Å². The van der Waals surface area contributed by atoms with Gasteiger partial charge in [-0.1, -0.05) is 12.1 Å². The number of benzene rings is 1. The minimum atomic E-state index is -1.13. The number of pyridine rings is 2. The van der Waals surface area contributed by atoms with Crippen LogP contribution in [0.2, 0.25) is 0 Å². The Bertz CT molecular complexity index is 1090. The molecule has 3 rings (SSSR count). The summed E-state index contributed by atoms with van der Waals surface area (Å²) in [5, 5.41) is 17.1. The Labute approximate surface area is 180 Å². The van der Waals surface area contributed by atoms with Gasteiger partial charge in [0.2, 0.25) is 0 Å². The van der Waals surface area contributed by atoms with Gasteiger partial charge < -0.3 is 20.5 Å². The highest BCUT2D eigenvalue weighted by molar-refractivity contribution is 5.92. The van der Waals surface area contributed by atoms with Crippen molar-refractivity contribution in [1.29, 1.82) is 0 Å². The van der Waals surface area contributed by atoms with Crippen LogP contribution >= 0.6 is 0 Å². The van der Waals surface area contributed by atoms with Crippen LogP contribution in [0.3, 0.4) is 0 Å². The van der Waals surface area contributed by atoms with Gasteiger partial charge in [-0.05, 0) is 62.9 Å². The van der Waals surface area contributed by atoms with Crippen molar-refractivity contribution in [2.75, 3.05) is 5.32 Å². The van der Waals surface area contributed by atoms with Crippen LogP contribution in [0.15, 0.2) is 48.8 Å². The Kier molecular flexibility index (Phi) is 6.39. The van der Waals surface area contributed by atoms with Gasteiger partial charge in [-0.2, -0.15) is 0 Å². The van der Waals surface area contributed by atoms with Crippen molar-refractivity contribution in [3.8, 4) is 0 Å². The summed E-state index contributed by atoms with van der Waals surface area (Å²) >= 11 is 0. The van der Waals surface area contributed by atoms with E-state index in [1.807, 2.05) is 43.3 Å². The van der Waals surface area contributed by atoms with Crippen LogP contribution in [-0.4, -0.2) is 38.8 Å². The van der Waals surface area contributed by atoms with E-state index in [-0.39, 0.29) is 6.42 Å². The number of fused-ring (bicyclic) bond motifs is 1. The third kappa shape index (κ3) is 6.15. The van der Waals surface area contributed by atoms with Gasteiger partial charge in [0.25, 0.3) is 0 Å². The van der Waals surface area contributed by atoms with Crippen molar-refractivity contribution in [2.24, 2.45) is 0 Å². The molecule has 3 aromatic rings. The average Bonchev–Trinajstić information content (AvgIpc) is 2.67. The maximum atomic E-state index is 11.9. The van der Waals surface area contributed by atoms with Gasteiger partial charge in [0, 0.05) is 35.6 Å². The number of carboxylic acid groups (broad SMARTS) is 1. The Morgan fingerprint density at radius 2 is 1.87 bits per heavy atom. The predicted octanol–water partition coefficient (Wildman–Crippen LogP) is 4.20. The fourth-order valence-corrected chi connectivity index (χ4v) is 3.06. The van der Waals surface area contributed by atoms with Gasteiger partial charge in [-0.3, -0.25) is 4.98 Å². The number of carboxylic acids is 1. The number of nitrogens with one attached hydrogen (secondary N) is 2. The molecule has 0 aliphatic carbocycles. The molecule has 0 saturated heterocycles. The summed E-state index contributed by atoms with van der Waals surface area (Å²) in [7, 11) is 0. The van der Waals surface area contributed by atoms with Crippen molar-refractivity contribution >= 4 is 34.3 Å². The number of carbonyl (C=O) groups excluding carboxylic acids is 1. The molecule has 1 atom stereocenters. The summed E-state index contributed by atoms with van der Waals surface area (Å²) in [5.74, 6) is -0.429. The Balaban J connectivity index is 1.71. The quantitative estimate of drug-likeness (QED) is 0.545. The second-order valence-corrected chi connectivity index (χ2v) is 8.27. The smallest absolute Gasteiger partial charge is 0.408 e. The topological polar surface area (TPSA) is 113 Å². The van der Waals surface area contributed by atoms with Crippen molar-refractivity contribution in [3.05, 3.63) is 60.0 Å². The number of aromatic nitrogens is 2. The molecular weight excluding hydrogens is 396 g/mol. The first-order chi connectivity index (χ1) is 14.6. The lowest BCUT2D eigenvalue weighted by molar-refractivity contribution is -0.139. The number of aryl methyl sites for hydroxylation is 1. The first-order valence-electron chi connectivity index (χ1n) is 9.90. The van der Waals surface area contributed by atoms with E-state index in [0.717, 1.165) is 27.7 Å². The third-order valence-corrected chi connectivity index (χ3v) is 4.41. The first kappa shape index (κ1) is 22.0. The molecule has 2 heterocycles. The third-order valence-electron chi connectivity index (χ3n) is 4.41. The summed E-state index contributed by atoms with van der Waals surface area (Å²) in [6.07, 6.45) is 2.87. The monoisotopic (exact) mass is 422 g/mol. The average molecular weight is 422 g/mol. The summed E-state index contributed by atoms with van der Waals surface area (Å²) in [4.78, 5) is 32.2. The number of hydrogen-bond donors (Lipinski definition) is 3. The van der Waals surface area contributed by atoms with Crippen molar-refractivity contribution < 1.29 is 19.4 Å². The maximum Gasteiger partial charge on any atom is 0.408 e. The van der Waals surface area contributed by atoms with E-state index in [4.69, 9.17) is 4.74 Å². The Morgan fingerprint density at radius 1 is 1.16 bits per heavy atom. The number of nitrogens with zero attached hydrogens (tertiary/aromatic N) is 2. The molecule has 0 saturated carbocycles. The van der Waals surface area contributed by atoms with Gasteiger partial charge in [-0.25, -0.2) is 14.6 Å².